The van der Waals surface area contributed by atoms with E-state index < -0.39 is 0 Å². The number of methoxy groups -OCH3 is 1. The highest BCUT2D eigenvalue weighted by atomic mass is 127. The maximum absolute atomic E-state index is 11.7. The van der Waals surface area contributed by atoms with E-state index in [9.17, 15) is 4.79 Å². The van der Waals surface area contributed by atoms with E-state index in [4.69, 9.17) is 4.74 Å². The Morgan fingerprint density at radius 3 is 2.80 bits per heavy atom. The minimum absolute atomic E-state index is 0.0741. The number of nitrogens with zero attached hydrogens (tertiary/aromatic N) is 1. The molecule has 1 rings (SSSR count). The number of pyridine rings is 1. The van der Waals surface area contributed by atoms with Crippen molar-refractivity contribution in [2.45, 2.75) is 32.4 Å². The van der Waals surface area contributed by atoms with Gasteiger partial charge < -0.3 is 9.30 Å². The first-order chi connectivity index (χ1) is 6.96. The van der Waals surface area contributed by atoms with Crippen LogP contribution in [-0.4, -0.2) is 17.3 Å². The molecule has 4 heteroatoms. The van der Waals surface area contributed by atoms with Crippen LogP contribution in [0.5, 0.6) is 0 Å². The number of aryl methyl sites for hydroxylation is 1. The SMILES string of the molecule is COC(C)(C)CCn1cccc(I)c1=O. The average Bonchev–Trinajstić information content (AvgIpc) is 2.20. The Labute approximate surface area is 104 Å². The maximum Gasteiger partial charge on any atom is 0.263 e. The highest BCUT2D eigenvalue weighted by molar-refractivity contribution is 14.1. The van der Waals surface area contributed by atoms with E-state index in [1.165, 1.54) is 0 Å². The van der Waals surface area contributed by atoms with Gasteiger partial charge in [0.2, 0.25) is 0 Å². The second-order valence-corrected chi connectivity index (χ2v) is 5.23. The molecule has 0 saturated heterocycles. The largest absolute Gasteiger partial charge is 0.379 e. The number of halogens is 1. The van der Waals surface area contributed by atoms with Gasteiger partial charge >= 0.3 is 0 Å². The second kappa shape index (κ2) is 5.12. The lowest BCUT2D eigenvalue weighted by molar-refractivity contribution is 0.0118. The van der Waals surface area contributed by atoms with Gasteiger partial charge in [-0.1, -0.05) is 0 Å². The quantitative estimate of drug-likeness (QED) is 0.797. The van der Waals surface area contributed by atoms with Crippen LogP contribution in [0.1, 0.15) is 20.3 Å². The predicted octanol–water partition coefficient (Wildman–Crippen LogP) is 2.27. The van der Waals surface area contributed by atoms with Crippen molar-refractivity contribution in [3.05, 3.63) is 32.3 Å². The highest BCUT2D eigenvalue weighted by Crippen LogP contribution is 2.13. The Balaban J connectivity index is 2.75. The summed E-state index contributed by atoms with van der Waals surface area (Å²) < 4.78 is 7.79. The average molecular weight is 321 g/mol. The molecule has 1 aromatic heterocycles. The van der Waals surface area contributed by atoms with E-state index in [1.807, 2.05) is 32.2 Å². The zero-order chi connectivity index (χ0) is 11.5. The van der Waals surface area contributed by atoms with Gasteiger partial charge in [0.1, 0.15) is 0 Å². The standard InChI is InChI=1S/C11H16INO2/c1-11(2,15-3)6-8-13-7-4-5-9(12)10(13)14/h4-5,7H,6,8H2,1-3H3. The summed E-state index contributed by atoms with van der Waals surface area (Å²) in [5.41, 5.74) is -0.106. The van der Waals surface area contributed by atoms with Crippen molar-refractivity contribution in [3.63, 3.8) is 0 Å². The van der Waals surface area contributed by atoms with E-state index in [2.05, 4.69) is 22.6 Å². The van der Waals surface area contributed by atoms with Crippen molar-refractivity contribution < 1.29 is 4.74 Å². The number of ether oxygens (including phenoxy) is 1. The zero-order valence-corrected chi connectivity index (χ0v) is 11.4. The van der Waals surface area contributed by atoms with E-state index in [0.717, 1.165) is 9.99 Å². The maximum atomic E-state index is 11.7. The lowest BCUT2D eigenvalue weighted by atomic mass is 10.1. The fraction of sp³-hybridized carbons (Fsp3) is 0.545. The van der Waals surface area contributed by atoms with Gasteiger partial charge in [-0.2, -0.15) is 0 Å². The molecule has 0 N–H and O–H groups in total. The summed E-state index contributed by atoms with van der Waals surface area (Å²) in [4.78, 5) is 11.7. The summed E-state index contributed by atoms with van der Waals surface area (Å²) >= 11 is 2.06. The minimum Gasteiger partial charge on any atom is -0.379 e. The minimum atomic E-state index is -0.180. The first-order valence-corrected chi connectivity index (χ1v) is 5.94. The van der Waals surface area contributed by atoms with E-state index in [0.29, 0.717) is 6.54 Å². The summed E-state index contributed by atoms with van der Waals surface area (Å²) in [5.74, 6) is 0. The van der Waals surface area contributed by atoms with Gasteiger partial charge in [0.15, 0.2) is 0 Å². The van der Waals surface area contributed by atoms with Crippen molar-refractivity contribution in [2.75, 3.05) is 7.11 Å². The van der Waals surface area contributed by atoms with Crippen molar-refractivity contribution >= 4 is 22.6 Å². The molecule has 15 heavy (non-hydrogen) atoms. The van der Waals surface area contributed by atoms with E-state index >= 15 is 0 Å². The summed E-state index contributed by atoms with van der Waals surface area (Å²) in [6, 6.07) is 3.71. The molecule has 0 atom stereocenters. The first kappa shape index (κ1) is 12.7. The molecule has 0 aliphatic heterocycles. The molecule has 0 amide bonds. The third-order valence-corrected chi connectivity index (χ3v) is 3.30. The van der Waals surface area contributed by atoms with Gasteiger partial charge in [-0.3, -0.25) is 4.79 Å². The van der Waals surface area contributed by atoms with Crippen LogP contribution in [0.3, 0.4) is 0 Å². The van der Waals surface area contributed by atoms with Crippen molar-refractivity contribution in [1.82, 2.24) is 4.57 Å². The van der Waals surface area contributed by atoms with Crippen LogP contribution < -0.4 is 5.56 Å². The van der Waals surface area contributed by atoms with Crippen LogP contribution in [0.15, 0.2) is 23.1 Å². The van der Waals surface area contributed by atoms with Gasteiger partial charge in [0.25, 0.3) is 5.56 Å². The molecule has 0 bridgehead atoms. The Hall–Kier alpha value is -0.360. The molecule has 0 unspecified atom stereocenters. The molecule has 0 spiro atoms. The fourth-order valence-electron chi connectivity index (χ4n) is 1.18. The van der Waals surface area contributed by atoms with Gasteiger partial charge in [0.05, 0.1) is 9.17 Å². The van der Waals surface area contributed by atoms with Gasteiger partial charge in [-0.15, -0.1) is 0 Å². The first-order valence-electron chi connectivity index (χ1n) is 4.86. The van der Waals surface area contributed by atoms with Crippen LogP contribution in [0.4, 0.5) is 0 Å². The number of hydrogen-bond acceptors (Lipinski definition) is 2. The molecule has 0 fully saturated rings. The molecule has 0 aliphatic rings. The van der Waals surface area contributed by atoms with Crippen LogP contribution in [0, 0.1) is 3.57 Å². The van der Waals surface area contributed by atoms with Crippen LogP contribution in [0.25, 0.3) is 0 Å². The molecule has 0 saturated carbocycles. The lowest BCUT2D eigenvalue weighted by Gasteiger charge is -2.23. The van der Waals surface area contributed by atoms with Crippen LogP contribution in [0.2, 0.25) is 0 Å². The summed E-state index contributed by atoms with van der Waals surface area (Å²) in [7, 11) is 1.69. The zero-order valence-electron chi connectivity index (χ0n) is 9.29. The Morgan fingerprint density at radius 2 is 2.20 bits per heavy atom. The molecule has 84 valence electrons. The van der Waals surface area contributed by atoms with Gasteiger partial charge in [-0.25, -0.2) is 0 Å². The monoisotopic (exact) mass is 321 g/mol. The Morgan fingerprint density at radius 1 is 1.53 bits per heavy atom. The van der Waals surface area contributed by atoms with Crippen molar-refractivity contribution in [1.29, 1.82) is 0 Å². The Kier molecular flexibility index (Phi) is 4.33. The molecule has 0 aromatic carbocycles. The summed E-state index contributed by atoms with van der Waals surface area (Å²) in [6.45, 7) is 4.73. The van der Waals surface area contributed by atoms with Crippen molar-refractivity contribution in [2.24, 2.45) is 0 Å². The van der Waals surface area contributed by atoms with Crippen molar-refractivity contribution in [3.8, 4) is 0 Å². The molecule has 0 radical (unpaired) electrons. The summed E-state index contributed by atoms with van der Waals surface area (Å²) in [6.07, 6.45) is 2.64. The molecule has 1 aromatic rings. The van der Waals surface area contributed by atoms with Gasteiger partial charge in [0, 0.05) is 19.9 Å². The second-order valence-electron chi connectivity index (χ2n) is 4.07. The fourth-order valence-corrected chi connectivity index (χ4v) is 1.69. The third kappa shape index (κ3) is 3.61. The molecular formula is C11H16INO2. The number of rotatable bonds is 4. The number of hydrogen-bond donors (Lipinski definition) is 0. The summed E-state index contributed by atoms with van der Waals surface area (Å²) in [5, 5.41) is 0. The smallest absolute Gasteiger partial charge is 0.263 e. The molecule has 3 nitrogen and oxygen atoms in total. The Bertz CT molecular complexity index is 384. The van der Waals surface area contributed by atoms with E-state index in [1.54, 1.807) is 11.7 Å². The van der Waals surface area contributed by atoms with Crippen LogP contribution >= 0.6 is 22.6 Å². The van der Waals surface area contributed by atoms with Gasteiger partial charge in [-0.05, 0) is 55.0 Å². The lowest BCUT2D eigenvalue weighted by Crippen LogP contribution is -2.28. The topological polar surface area (TPSA) is 31.2 Å². The highest BCUT2D eigenvalue weighted by Gasteiger charge is 2.16. The molecule has 0 aliphatic carbocycles. The molecule has 1 heterocycles. The molecular weight excluding hydrogens is 305 g/mol. The number of aromatic nitrogens is 1. The third-order valence-electron chi connectivity index (χ3n) is 2.48. The van der Waals surface area contributed by atoms with E-state index in [-0.39, 0.29) is 11.2 Å². The normalized spacial score (nSPS) is 11.7. The van der Waals surface area contributed by atoms with Crippen LogP contribution in [-0.2, 0) is 11.3 Å². The predicted molar refractivity (Wildman–Crippen MR) is 69.1 cm³/mol.